The quantitative estimate of drug-likeness (QED) is 0.0830. The van der Waals surface area contributed by atoms with Gasteiger partial charge in [0.25, 0.3) is 0 Å². The van der Waals surface area contributed by atoms with Crippen LogP contribution in [0.15, 0.2) is 53.3 Å². The van der Waals surface area contributed by atoms with E-state index in [4.69, 9.17) is 13.9 Å². The van der Waals surface area contributed by atoms with Gasteiger partial charge in [-0.05, 0) is 37.1 Å². The Morgan fingerprint density at radius 3 is 2.09 bits per heavy atom. The van der Waals surface area contributed by atoms with Crippen molar-refractivity contribution in [2.45, 2.75) is 130 Å². The Balaban J connectivity index is 1.62. The highest BCUT2D eigenvalue weighted by Gasteiger charge is 2.32. The molecule has 0 amide bonds. The number of hydrogen-bond acceptors (Lipinski definition) is 3. The number of halogens is 1. The molecule has 3 aromatic rings. The van der Waals surface area contributed by atoms with Crippen molar-refractivity contribution in [2.75, 3.05) is 20.3 Å². The molecule has 0 aliphatic carbocycles. The molecule has 45 heavy (non-hydrogen) atoms. The predicted octanol–water partition coefficient (Wildman–Crippen LogP) is 11.3. The normalized spacial score (nSPS) is 12.9. The molecule has 4 rings (SSSR count). The maximum atomic E-state index is 14.9. The van der Waals surface area contributed by atoms with Crippen molar-refractivity contribution in [1.82, 2.24) is 0 Å². The van der Waals surface area contributed by atoms with E-state index in [0.717, 1.165) is 60.4 Å². The highest BCUT2D eigenvalue weighted by Crippen LogP contribution is 2.44. The minimum absolute atomic E-state index is 0.137. The zero-order valence-corrected chi connectivity index (χ0v) is 28.3. The molecule has 0 saturated heterocycles. The van der Waals surface area contributed by atoms with Crippen molar-refractivity contribution in [3.63, 3.8) is 0 Å². The molecule has 4 nitrogen and oxygen atoms in total. The highest BCUT2D eigenvalue weighted by molar-refractivity contribution is 6.01. The Morgan fingerprint density at radius 2 is 1.44 bits per heavy atom. The monoisotopic (exact) mass is 618 g/mol. The highest BCUT2D eigenvalue weighted by atomic mass is 19.1. The number of nitrogens with zero attached hydrogens (tertiary/aromatic N) is 1. The van der Waals surface area contributed by atoms with Gasteiger partial charge in [0.2, 0.25) is 0 Å². The summed E-state index contributed by atoms with van der Waals surface area (Å²) in [6, 6.07) is 11.5. The van der Waals surface area contributed by atoms with Crippen LogP contribution in [0, 0.1) is 5.82 Å². The standard InChI is InChI=1S/C40H57FNO3/c1-4-6-8-10-12-13-14-15-17-23-38-36-29-35(33-25-28-44-31-33)39(43-3)40(45-27-20-16-11-9-7-5-2)34(36)24-26-42(38)30-32-21-18-19-22-37(32)41/h18-19,21-22,25,28-29,31H,4-17,20,23-24,26-27,30H2,1-3H3/q+1. The topological polar surface area (TPSA) is 34.6 Å². The molecule has 1 aliphatic heterocycles. The Morgan fingerprint density at radius 1 is 0.778 bits per heavy atom. The number of methoxy groups -OCH3 is 1. The van der Waals surface area contributed by atoms with Gasteiger partial charge in [-0.1, -0.05) is 109 Å². The van der Waals surface area contributed by atoms with Gasteiger partial charge in [-0.2, -0.15) is 0 Å². The molecule has 2 heterocycles. The fourth-order valence-corrected chi connectivity index (χ4v) is 6.68. The lowest BCUT2D eigenvalue weighted by Gasteiger charge is -2.25. The third kappa shape index (κ3) is 10.2. The summed E-state index contributed by atoms with van der Waals surface area (Å²) in [7, 11) is 1.74. The van der Waals surface area contributed by atoms with E-state index in [1.165, 1.54) is 100 Å². The van der Waals surface area contributed by atoms with Crippen molar-refractivity contribution in [3.05, 3.63) is 71.4 Å². The summed E-state index contributed by atoms with van der Waals surface area (Å²) in [6.07, 6.45) is 24.2. The third-order valence-corrected chi connectivity index (χ3v) is 9.28. The number of benzene rings is 2. The first-order valence-electron chi connectivity index (χ1n) is 17.9. The van der Waals surface area contributed by atoms with Crippen molar-refractivity contribution < 1.29 is 22.9 Å². The molecule has 2 aromatic carbocycles. The Bertz CT molecular complexity index is 1310. The summed E-state index contributed by atoms with van der Waals surface area (Å²) in [5, 5.41) is 0. The smallest absolute Gasteiger partial charge is 0.184 e. The summed E-state index contributed by atoms with van der Waals surface area (Å²) < 4.78 is 35.5. The lowest BCUT2D eigenvalue weighted by molar-refractivity contribution is -0.546. The summed E-state index contributed by atoms with van der Waals surface area (Å²) in [5.74, 6) is 1.52. The first-order chi connectivity index (χ1) is 22.2. The molecule has 0 bridgehead atoms. The van der Waals surface area contributed by atoms with E-state index >= 15 is 0 Å². The molecular weight excluding hydrogens is 561 g/mol. The average Bonchev–Trinajstić information content (AvgIpc) is 3.60. The molecule has 5 heteroatoms. The van der Waals surface area contributed by atoms with Gasteiger partial charge < -0.3 is 13.9 Å². The van der Waals surface area contributed by atoms with Gasteiger partial charge in [0.15, 0.2) is 23.8 Å². The molecule has 0 atom stereocenters. The summed E-state index contributed by atoms with van der Waals surface area (Å²) in [6.45, 7) is 6.60. The third-order valence-electron chi connectivity index (χ3n) is 9.28. The summed E-state index contributed by atoms with van der Waals surface area (Å²) in [4.78, 5) is 0. The number of fused-ring (bicyclic) bond motifs is 1. The van der Waals surface area contributed by atoms with E-state index in [1.807, 2.05) is 18.2 Å². The van der Waals surface area contributed by atoms with E-state index in [-0.39, 0.29) is 5.82 Å². The predicted molar refractivity (Wildman–Crippen MR) is 184 cm³/mol. The van der Waals surface area contributed by atoms with Crippen LogP contribution in [-0.2, 0) is 13.0 Å². The Hall–Kier alpha value is -3.08. The maximum absolute atomic E-state index is 14.9. The van der Waals surface area contributed by atoms with Crippen LogP contribution in [0.25, 0.3) is 11.1 Å². The second-order valence-corrected chi connectivity index (χ2v) is 12.7. The molecule has 246 valence electrons. The number of unbranched alkanes of at least 4 members (excludes halogenated alkanes) is 13. The molecular formula is C40H57FNO3+. The molecule has 0 spiro atoms. The summed E-state index contributed by atoms with van der Waals surface area (Å²) >= 11 is 0. The zero-order chi connectivity index (χ0) is 31.7. The van der Waals surface area contributed by atoms with Gasteiger partial charge >= 0.3 is 0 Å². The number of rotatable bonds is 22. The largest absolute Gasteiger partial charge is 0.492 e. The van der Waals surface area contributed by atoms with E-state index in [1.54, 1.807) is 31.8 Å². The lowest BCUT2D eigenvalue weighted by atomic mass is 9.88. The summed E-state index contributed by atoms with van der Waals surface area (Å²) in [5.41, 5.74) is 6.44. The van der Waals surface area contributed by atoms with Crippen LogP contribution in [-0.4, -0.2) is 30.5 Å². The van der Waals surface area contributed by atoms with Crippen LogP contribution in [0.3, 0.4) is 0 Å². The molecule has 0 unspecified atom stereocenters. The second-order valence-electron chi connectivity index (χ2n) is 12.7. The van der Waals surface area contributed by atoms with Gasteiger partial charge in [-0.15, -0.1) is 0 Å². The van der Waals surface area contributed by atoms with Crippen LogP contribution in [0.4, 0.5) is 4.39 Å². The maximum Gasteiger partial charge on any atom is 0.184 e. The van der Waals surface area contributed by atoms with Crippen LogP contribution in [0.5, 0.6) is 11.5 Å². The molecule has 0 saturated carbocycles. The molecule has 0 radical (unpaired) electrons. The minimum atomic E-state index is -0.137. The second kappa shape index (κ2) is 19.4. The van der Waals surface area contributed by atoms with Crippen molar-refractivity contribution >= 4 is 5.71 Å². The molecule has 1 aromatic heterocycles. The van der Waals surface area contributed by atoms with Crippen LogP contribution < -0.4 is 9.47 Å². The lowest BCUT2D eigenvalue weighted by Crippen LogP contribution is -2.31. The Kier molecular flexibility index (Phi) is 15.0. The van der Waals surface area contributed by atoms with Crippen molar-refractivity contribution in [2.24, 2.45) is 0 Å². The van der Waals surface area contributed by atoms with Crippen molar-refractivity contribution in [1.29, 1.82) is 0 Å². The van der Waals surface area contributed by atoms with Gasteiger partial charge in [0.05, 0.1) is 31.8 Å². The van der Waals surface area contributed by atoms with Crippen LogP contribution >= 0.6 is 0 Å². The van der Waals surface area contributed by atoms with E-state index in [2.05, 4.69) is 24.5 Å². The fraction of sp³-hybridized carbons (Fsp3) is 0.575. The SMILES string of the molecule is CCCCCCCCCCCC1=[N+](Cc2ccccc2F)CCc2c1cc(-c1ccoc1)c(OC)c2OCCCCCCCC. The zero-order valence-electron chi connectivity index (χ0n) is 28.3. The molecule has 1 aliphatic rings. The van der Waals surface area contributed by atoms with Gasteiger partial charge in [-0.25, -0.2) is 8.97 Å². The number of ether oxygens (including phenoxy) is 2. The number of hydrogen-bond donors (Lipinski definition) is 0. The first-order valence-corrected chi connectivity index (χ1v) is 17.9. The van der Waals surface area contributed by atoms with E-state index in [0.29, 0.717) is 13.2 Å². The fourth-order valence-electron chi connectivity index (χ4n) is 6.68. The first kappa shape index (κ1) is 34.8. The molecule has 0 N–H and O–H groups in total. The van der Waals surface area contributed by atoms with E-state index < -0.39 is 0 Å². The number of furan rings is 1. The van der Waals surface area contributed by atoms with E-state index in [9.17, 15) is 4.39 Å². The van der Waals surface area contributed by atoms with Crippen molar-refractivity contribution in [3.8, 4) is 22.6 Å². The molecule has 0 fully saturated rings. The van der Waals surface area contributed by atoms with Crippen LogP contribution in [0.2, 0.25) is 0 Å². The Labute approximate surface area is 272 Å². The minimum Gasteiger partial charge on any atom is -0.492 e. The van der Waals surface area contributed by atoms with Gasteiger partial charge in [0, 0.05) is 35.1 Å². The average molecular weight is 619 g/mol. The van der Waals surface area contributed by atoms with Gasteiger partial charge in [0.1, 0.15) is 12.4 Å². The van der Waals surface area contributed by atoms with Crippen LogP contribution in [0.1, 0.15) is 133 Å². The van der Waals surface area contributed by atoms with Gasteiger partial charge in [-0.3, -0.25) is 0 Å².